The van der Waals surface area contributed by atoms with Gasteiger partial charge in [-0.15, -0.1) is 0 Å². The van der Waals surface area contributed by atoms with Gasteiger partial charge in [0.2, 0.25) is 0 Å². The van der Waals surface area contributed by atoms with Gasteiger partial charge >= 0.3 is 0 Å². The summed E-state index contributed by atoms with van der Waals surface area (Å²) >= 11 is 0. The summed E-state index contributed by atoms with van der Waals surface area (Å²) in [5.41, 5.74) is 0. The number of hydrogen-bond donors (Lipinski definition) is 1. The number of unbranched alkanes of at least 4 members (excludes halogenated alkanes) is 4. The molecule has 0 aromatic heterocycles. The molecule has 0 saturated heterocycles. The van der Waals surface area contributed by atoms with E-state index in [9.17, 15) is 0 Å². The lowest BCUT2D eigenvalue weighted by Crippen LogP contribution is -2.58. The molecular weight excluding hydrogens is 306 g/mol. The zero-order valence-corrected chi connectivity index (χ0v) is 15.7. The van der Waals surface area contributed by atoms with Crippen LogP contribution in [0.5, 0.6) is 0 Å². The molecule has 0 aliphatic heterocycles. The molecule has 5 nitrogen and oxygen atoms in total. The topological polar surface area (TPSA) is 89.4 Å². The summed E-state index contributed by atoms with van der Waals surface area (Å²) in [7, 11) is -4.69. The molecule has 0 aliphatic carbocycles. The second-order valence-electron chi connectivity index (χ2n) is 6.05. The molecule has 0 spiro atoms. The monoisotopic (exact) mass is 342 g/mol. The summed E-state index contributed by atoms with van der Waals surface area (Å²) in [6.45, 7) is 15.0. The van der Waals surface area contributed by atoms with Crippen molar-refractivity contribution in [2.75, 3.05) is 26.2 Å². The molecule has 0 saturated carbocycles. The Morgan fingerprint density at radius 1 is 0.636 bits per heavy atom. The molecule has 0 fully saturated rings. The smallest absolute Gasteiger partial charge is 0.0786 e. The first-order valence-electron chi connectivity index (χ1n) is 8.73. The fraction of sp³-hybridized carbons (Fsp3) is 1.00. The number of nitrogens with zero attached hydrogens (tertiary/aromatic N) is 1. The van der Waals surface area contributed by atoms with E-state index >= 15 is 0 Å². The first-order valence-corrected chi connectivity index (χ1v) is 9.99. The van der Waals surface area contributed by atoms with E-state index in [0.717, 1.165) is 0 Å². The summed E-state index contributed by atoms with van der Waals surface area (Å²) in [5.74, 6) is 0. The van der Waals surface area contributed by atoms with Crippen molar-refractivity contribution in [2.24, 2.45) is 0 Å². The molecule has 0 atom stereocenters. The van der Waals surface area contributed by atoms with Crippen molar-refractivity contribution >= 4 is 0 Å². The highest BCUT2D eigenvalue weighted by Gasteiger charge is 2.24. The van der Waals surface area contributed by atoms with Crippen LogP contribution in [0.4, 0.5) is 0 Å². The van der Waals surface area contributed by atoms with Gasteiger partial charge in [-0.2, -0.15) is 14.0 Å². The SMILES string of the molecule is CCCC[N+](CCCC)(CCCC)CCCC.[O-][Cl+3]([O-])([O-])O. The maximum Gasteiger partial charge on any atom is 0.0786 e. The molecule has 0 bridgehead atoms. The number of halogens is 1. The maximum atomic E-state index is 8.60. The summed E-state index contributed by atoms with van der Waals surface area (Å²) in [6.07, 6.45) is 11.1. The normalized spacial score (nSPS) is 12.0. The Bertz CT molecular complexity index is 191. The molecule has 6 heteroatoms. The standard InChI is InChI=1S/C16H36N.ClHO4/c1-5-9-13-17(14-10-6-2,15-11-7-3)16-12-8-4;2-1(3,4)5/h5-16H2,1-4H3;(H,2,3,4,5)/q+1;. The van der Waals surface area contributed by atoms with Crippen molar-refractivity contribution in [1.29, 1.82) is 0 Å². The van der Waals surface area contributed by atoms with E-state index in [1.165, 1.54) is 82.0 Å². The second-order valence-corrected chi connectivity index (χ2v) is 6.84. The van der Waals surface area contributed by atoms with Crippen LogP contribution in [0.15, 0.2) is 0 Å². The van der Waals surface area contributed by atoms with Crippen LogP contribution in [0.3, 0.4) is 0 Å². The highest BCUT2D eigenvalue weighted by Crippen LogP contribution is 2.16. The minimum atomic E-state index is -4.69. The number of rotatable bonds is 12. The van der Waals surface area contributed by atoms with Gasteiger partial charge in [0.25, 0.3) is 0 Å². The third-order valence-corrected chi connectivity index (χ3v) is 3.94. The summed E-state index contributed by atoms with van der Waals surface area (Å²) < 4.78 is 34.1. The molecule has 0 radical (unpaired) electrons. The van der Waals surface area contributed by atoms with E-state index in [1.54, 1.807) is 0 Å². The Morgan fingerprint density at radius 3 is 0.955 bits per heavy atom. The van der Waals surface area contributed by atoms with Crippen molar-refractivity contribution in [3.05, 3.63) is 0 Å². The van der Waals surface area contributed by atoms with Crippen LogP contribution in [-0.2, 0) is 0 Å². The second kappa shape index (κ2) is 14.7. The molecule has 0 amide bonds. The van der Waals surface area contributed by atoms with E-state index in [4.69, 9.17) is 18.6 Å². The van der Waals surface area contributed by atoms with Gasteiger partial charge in [0.15, 0.2) is 0 Å². The van der Waals surface area contributed by atoms with Gasteiger partial charge in [0.05, 0.1) is 41.1 Å². The van der Waals surface area contributed by atoms with Crippen LogP contribution in [0.2, 0.25) is 0 Å². The summed E-state index contributed by atoms with van der Waals surface area (Å²) in [5, 5.41) is 0. The fourth-order valence-electron chi connectivity index (χ4n) is 2.64. The zero-order chi connectivity index (χ0) is 17.5. The Balaban J connectivity index is 0. The first kappa shape index (κ1) is 24.3. The van der Waals surface area contributed by atoms with E-state index in [2.05, 4.69) is 27.7 Å². The Labute approximate surface area is 139 Å². The largest absolute Gasteiger partial charge is 0.324 e. The van der Waals surface area contributed by atoms with Crippen molar-refractivity contribution < 1.29 is 33.4 Å². The highest BCUT2D eigenvalue weighted by atomic mass is 35.7. The average Bonchev–Trinajstić information content (AvgIpc) is 2.44. The molecule has 0 heterocycles. The number of quaternary nitrogens is 1. The highest BCUT2D eigenvalue weighted by molar-refractivity contribution is 4.49. The van der Waals surface area contributed by atoms with Gasteiger partial charge in [-0.3, -0.25) is 0 Å². The Morgan fingerprint density at radius 2 is 0.818 bits per heavy atom. The average molecular weight is 343 g/mol. The zero-order valence-electron chi connectivity index (χ0n) is 15.0. The van der Waals surface area contributed by atoms with Crippen LogP contribution in [0.1, 0.15) is 79.1 Å². The van der Waals surface area contributed by atoms with E-state index in [0.29, 0.717) is 0 Å². The fourth-order valence-corrected chi connectivity index (χ4v) is 2.64. The molecule has 0 aromatic rings. The molecular formula is C16H37ClNO4+. The van der Waals surface area contributed by atoms with Crippen LogP contribution in [0.25, 0.3) is 0 Å². The van der Waals surface area contributed by atoms with Crippen LogP contribution in [-0.4, -0.2) is 35.3 Å². The van der Waals surface area contributed by atoms with Crippen LogP contribution in [0, 0.1) is 10.2 Å². The van der Waals surface area contributed by atoms with Gasteiger partial charge < -0.3 is 4.48 Å². The molecule has 136 valence electrons. The van der Waals surface area contributed by atoms with E-state index < -0.39 is 10.2 Å². The predicted molar refractivity (Wildman–Crippen MR) is 81.6 cm³/mol. The predicted octanol–water partition coefficient (Wildman–Crippen LogP) is 0.880. The van der Waals surface area contributed by atoms with Crippen molar-refractivity contribution in [3.63, 3.8) is 0 Å². The van der Waals surface area contributed by atoms with E-state index in [-0.39, 0.29) is 0 Å². The van der Waals surface area contributed by atoms with Crippen molar-refractivity contribution in [3.8, 4) is 0 Å². The lowest BCUT2D eigenvalue weighted by molar-refractivity contribution is -1.92. The minimum absolute atomic E-state index is 1.35. The summed E-state index contributed by atoms with van der Waals surface area (Å²) in [6, 6.07) is 0. The van der Waals surface area contributed by atoms with Gasteiger partial charge in [0, 0.05) is 0 Å². The molecule has 0 aromatic carbocycles. The molecule has 1 N–H and O–H groups in total. The third kappa shape index (κ3) is 18.1. The molecule has 22 heavy (non-hydrogen) atoms. The lowest BCUT2D eigenvalue weighted by atomic mass is 10.1. The number of hydrogen-bond acceptors (Lipinski definition) is 4. The van der Waals surface area contributed by atoms with Gasteiger partial charge in [0.1, 0.15) is 0 Å². The van der Waals surface area contributed by atoms with E-state index in [1.807, 2.05) is 0 Å². The van der Waals surface area contributed by atoms with Crippen LogP contribution < -0.4 is 14.0 Å². The van der Waals surface area contributed by atoms with Gasteiger partial charge in [-0.1, -0.05) is 53.4 Å². The third-order valence-electron chi connectivity index (χ3n) is 3.94. The summed E-state index contributed by atoms with van der Waals surface area (Å²) in [4.78, 5) is 0. The minimum Gasteiger partial charge on any atom is -0.324 e. The van der Waals surface area contributed by atoms with Crippen molar-refractivity contribution in [1.82, 2.24) is 0 Å². The molecule has 0 rings (SSSR count). The quantitative estimate of drug-likeness (QED) is 0.533. The van der Waals surface area contributed by atoms with Crippen LogP contribution >= 0.6 is 0 Å². The Kier molecular flexibility index (Phi) is 16.2. The van der Waals surface area contributed by atoms with Gasteiger partial charge in [-0.05, 0) is 25.7 Å². The first-order chi connectivity index (χ1) is 10.2. The lowest BCUT2D eigenvalue weighted by Gasteiger charge is -2.39. The molecule has 0 unspecified atom stereocenters. The Hall–Kier alpha value is 0.0900. The molecule has 0 aliphatic rings. The maximum absolute atomic E-state index is 8.60. The van der Waals surface area contributed by atoms with Gasteiger partial charge in [-0.25, -0.2) is 0 Å². The van der Waals surface area contributed by atoms with Crippen molar-refractivity contribution in [2.45, 2.75) is 79.1 Å².